The maximum Gasteiger partial charge on any atom is 0.236 e. The Balaban J connectivity index is 3.10. The average molecular weight is 252 g/mol. The van der Waals surface area contributed by atoms with Gasteiger partial charge >= 0.3 is 0 Å². The molecule has 1 heterocycles. The number of likely N-dealkylation sites (N-methyl/N-ethyl adjacent to an activating group) is 1. The molecule has 0 radical (unpaired) electrons. The minimum Gasteiger partial charge on any atom is -0.389 e. The predicted octanol–water partition coefficient (Wildman–Crippen LogP) is 0.336. The van der Waals surface area contributed by atoms with E-state index in [-0.39, 0.29) is 6.54 Å². The first kappa shape index (κ1) is 13.4. The molecule has 92 valence electrons. The summed E-state index contributed by atoms with van der Waals surface area (Å²) >= 11 is 4.93. The van der Waals surface area contributed by atoms with E-state index in [1.807, 2.05) is 19.9 Å². The minimum absolute atomic E-state index is 0.129. The quantitative estimate of drug-likeness (QED) is 0.738. The van der Waals surface area contributed by atoms with Gasteiger partial charge in [0.2, 0.25) is 5.91 Å². The van der Waals surface area contributed by atoms with E-state index in [1.165, 1.54) is 0 Å². The monoisotopic (exact) mass is 252 g/mol. The summed E-state index contributed by atoms with van der Waals surface area (Å²) in [5, 5.41) is 0. The summed E-state index contributed by atoms with van der Waals surface area (Å²) in [5.41, 5.74) is 12.3. The van der Waals surface area contributed by atoms with Crippen LogP contribution in [0.3, 0.4) is 0 Å². The second-order valence-corrected chi connectivity index (χ2v) is 4.14. The molecule has 1 amide bonds. The molecule has 17 heavy (non-hydrogen) atoms. The summed E-state index contributed by atoms with van der Waals surface area (Å²) < 4.78 is 0. The molecular formula is C11H16N4OS. The van der Waals surface area contributed by atoms with Gasteiger partial charge in [-0.1, -0.05) is 12.2 Å². The van der Waals surface area contributed by atoms with E-state index >= 15 is 0 Å². The number of rotatable bonds is 5. The van der Waals surface area contributed by atoms with Crippen molar-refractivity contribution in [1.82, 2.24) is 4.98 Å². The standard InChI is InChI=1S/C11H16N4OS/c1-3-15(6-9(12)16)10-5-8(11(13)17)4-7(2)14-10/h4-5H,3,6H2,1-2H3,(H2,12,16)(H2,13,17). The Kier molecular flexibility index (Phi) is 4.39. The third-order valence-electron chi connectivity index (χ3n) is 2.28. The lowest BCUT2D eigenvalue weighted by molar-refractivity contribution is -0.116. The first-order chi connectivity index (χ1) is 7.93. The van der Waals surface area contributed by atoms with Gasteiger partial charge in [0, 0.05) is 17.8 Å². The predicted molar refractivity (Wildman–Crippen MR) is 71.9 cm³/mol. The van der Waals surface area contributed by atoms with Gasteiger partial charge in [-0.2, -0.15) is 0 Å². The van der Waals surface area contributed by atoms with Crippen molar-refractivity contribution in [1.29, 1.82) is 0 Å². The van der Waals surface area contributed by atoms with Crippen molar-refractivity contribution >= 4 is 28.9 Å². The third kappa shape index (κ3) is 3.67. The zero-order chi connectivity index (χ0) is 13.0. The number of carbonyl (C=O) groups is 1. The number of nitrogens with two attached hydrogens (primary N) is 2. The van der Waals surface area contributed by atoms with Crippen molar-refractivity contribution in [3.63, 3.8) is 0 Å². The van der Waals surface area contributed by atoms with E-state index in [0.717, 1.165) is 11.3 Å². The Morgan fingerprint density at radius 3 is 2.59 bits per heavy atom. The molecule has 1 rings (SSSR count). The first-order valence-corrected chi connectivity index (χ1v) is 5.66. The van der Waals surface area contributed by atoms with Crippen molar-refractivity contribution in [3.8, 4) is 0 Å². The number of pyridine rings is 1. The molecule has 0 saturated heterocycles. The molecule has 0 fully saturated rings. The largest absolute Gasteiger partial charge is 0.389 e. The van der Waals surface area contributed by atoms with E-state index < -0.39 is 5.91 Å². The van der Waals surface area contributed by atoms with Crippen LogP contribution >= 0.6 is 12.2 Å². The van der Waals surface area contributed by atoms with E-state index in [0.29, 0.717) is 17.4 Å². The van der Waals surface area contributed by atoms with Crippen molar-refractivity contribution in [2.45, 2.75) is 13.8 Å². The number of nitrogens with zero attached hydrogens (tertiary/aromatic N) is 2. The van der Waals surface area contributed by atoms with Crippen molar-refractivity contribution in [2.75, 3.05) is 18.0 Å². The molecule has 0 aliphatic heterocycles. The number of aromatic nitrogens is 1. The molecule has 0 saturated carbocycles. The van der Waals surface area contributed by atoms with Crippen LogP contribution in [0.15, 0.2) is 12.1 Å². The van der Waals surface area contributed by atoms with E-state index in [9.17, 15) is 4.79 Å². The van der Waals surface area contributed by atoms with Crippen molar-refractivity contribution in [3.05, 3.63) is 23.4 Å². The van der Waals surface area contributed by atoms with Crippen LogP contribution in [-0.4, -0.2) is 29.0 Å². The number of aryl methyl sites for hydroxylation is 1. The van der Waals surface area contributed by atoms with Gasteiger partial charge in [-0.3, -0.25) is 4.79 Å². The third-order valence-corrected chi connectivity index (χ3v) is 2.51. The van der Waals surface area contributed by atoms with E-state index in [4.69, 9.17) is 23.7 Å². The maximum absolute atomic E-state index is 10.9. The highest BCUT2D eigenvalue weighted by Crippen LogP contribution is 2.14. The Labute approximate surface area is 106 Å². The van der Waals surface area contributed by atoms with Crippen LogP contribution in [0.5, 0.6) is 0 Å². The topological polar surface area (TPSA) is 85.2 Å². The molecule has 4 N–H and O–H groups in total. The fourth-order valence-corrected chi connectivity index (χ4v) is 1.62. The summed E-state index contributed by atoms with van der Waals surface area (Å²) in [6, 6.07) is 3.58. The van der Waals surface area contributed by atoms with Crippen LogP contribution in [0.2, 0.25) is 0 Å². The molecule has 0 aromatic carbocycles. The highest BCUT2D eigenvalue weighted by atomic mass is 32.1. The molecule has 5 nitrogen and oxygen atoms in total. The number of thiocarbonyl (C=S) groups is 1. The smallest absolute Gasteiger partial charge is 0.236 e. The van der Waals surface area contributed by atoms with E-state index in [1.54, 1.807) is 11.0 Å². The summed E-state index contributed by atoms with van der Waals surface area (Å²) in [5.74, 6) is 0.265. The minimum atomic E-state index is -0.396. The van der Waals surface area contributed by atoms with Crippen LogP contribution < -0.4 is 16.4 Å². The zero-order valence-electron chi connectivity index (χ0n) is 9.93. The summed E-state index contributed by atoms with van der Waals surface area (Å²) in [4.78, 5) is 17.4. The molecule has 1 aromatic rings. The van der Waals surface area contributed by atoms with Crippen LogP contribution in [0.1, 0.15) is 18.2 Å². The number of hydrogen-bond acceptors (Lipinski definition) is 4. The SMILES string of the molecule is CCN(CC(N)=O)c1cc(C(N)=S)cc(C)n1. The molecule has 0 spiro atoms. The van der Waals surface area contributed by atoms with Gasteiger partial charge in [0.1, 0.15) is 10.8 Å². The second-order valence-electron chi connectivity index (χ2n) is 3.70. The lowest BCUT2D eigenvalue weighted by Crippen LogP contribution is -2.34. The Hall–Kier alpha value is -1.69. The molecule has 6 heteroatoms. The Bertz CT molecular complexity index is 447. The lowest BCUT2D eigenvalue weighted by Gasteiger charge is -2.21. The lowest BCUT2D eigenvalue weighted by atomic mass is 10.2. The van der Waals surface area contributed by atoms with Gasteiger partial charge in [-0.25, -0.2) is 4.98 Å². The second kappa shape index (κ2) is 5.58. The van der Waals surface area contributed by atoms with Crippen molar-refractivity contribution < 1.29 is 4.79 Å². The Morgan fingerprint density at radius 2 is 2.12 bits per heavy atom. The molecule has 0 bridgehead atoms. The van der Waals surface area contributed by atoms with E-state index in [2.05, 4.69) is 4.98 Å². The van der Waals surface area contributed by atoms with Crippen LogP contribution in [0, 0.1) is 6.92 Å². The van der Waals surface area contributed by atoms with Gasteiger partial charge in [-0.15, -0.1) is 0 Å². The molecule has 0 aliphatic carbocycles. The average Bonchev–Trinajstić information content (AvgIpc) is 2.24. The fourth-order valence-electron chi connectivity index (χ4n) is 1.50. The summed E-state index contributed by atoms with van der Waals surface area (Å²) in [6.07, 6.45) is 0. The normalized spacial score (nSPS) is 10.0. The number of amides is 1. The van der Waals surface area contributed by atoms with Crippen LogP contribution in [0.25, 0.3) is 0 Å². The molecule has 1 aromatic heterocycles. The number of anilines is 1. The van der Waals surface area contributed by atoms with Crippen molar-refractivity contribution in [2.24, 2.45) is 11.5 Å². The maximum atomic E-state index is 10.9. The molecule has 0 aliphatic rings. The van der Waals surface area contributed by atoms with Crippen LogP contribution in [0.4, 0.5) is 5.82 Å². The first-order valence-electron chi connectivity index (χ1n) is 5.25. The number of primary amides is 1. The Morgan fingerprint density at radius 1 is 1.47 bits per heavy atom. The van der Waals surface area contributed by atoms with Gasteiger partial charge in [0.25, 0.3) is 0 Å². The number of carbonyl (C=O) groups excluding carboxylic acids is 1. The molecule has 0 unspecified atom stereocenters. The summed E-state index contributed by atoms with van der Waals surface area (Å²) in [7, 11) is 0. The fraction of sp³-hybridized carbons (Fsp3) is 0.364. The van der Waals surface area contributed by atoms with Crippen LogP contribution in [-0.2, 0) is 4.79 Å². The van der Waals surface area contributed by atoms with Gasteiger partial charge in [0.05, 0.1) is 6.54 Å². The highest BCUT2D eigenvalue weighted by molar-refractivity contribution is 7.80. The number of hydrogen-bond donors (Lipinski definition) is 2. The molecular weight excluding hydrogens is 236 g/mol. The zero-order valence-corrected chi connectivity index (χ0v) is 10.8. The van der Waals surface area contributed by atoms with Gasteiger partial charge < -0.3 is 16.4 Å². The van der Waals surface area contributed by atoms with Gasteiger partial charge in [-0.05, 0) is 26.0 Å². The molecule has 0 atom stereocenters. The van der Waals surface area contributed by atoms with Gasteiger partial charge in [0.15, 0.2) is 0 Å². The highest BCUT2D eigenvalue weighted by Gasteiger charge is 2.11. The summed E-state index contributed by atoms with van der Waals surface area (Å²) in [6.45, 7) is 4.54.